The molecule has 0 spiro atoms. The Morgan fingerprint density at radius 2 is 2.23 bits per heavy atom. The standard InChI is InChI=1S/C9H9FN2O/c10-5-3-6-8(13)1-2-12-9(6)7(11)4-5/h3-4,12H,1-2,11H2. The van der Waals surface area contributed by atoms with E-state index < -0.39 is 5.82 Å². The summed E-state index contributed by atoms with van der Waals surface area (Å²) < 4.78 is 12.9. The van der Waals surface area contributed by atoms with E-state index in [1.165, 1.54) is 12.1 Å². The molecule has 1 aliphatic rings. The van der Waals surface area contributed by atoms with Gasteiger partial charge in [-0.15, -0.1) is 0 Å². The maximum Gasteiger partial charge on any atom is 0.166 e. The zero-order chi connectivity index (χ0) is 9.42. The second kappa shape index (κ2) is 2.73. The molecule has 0 unspecified atom stereocenters. The summed E-state index contributed by atoms with van der Waals surface area (Å²) in [5.74, 6) is -0.520. The van der Waals surface area contributed by atoms with Crippen molar-refractivity contribution >= 4 is 17.2 Å². The number of benzene rings is 1. The lowest BCUT2D eigenvalue weighted by molar-refractivity contribution is 0.0983. The van der Waals surface area contributed by atoms with Gasteiger partial charge in [-0.3, -0.25) is 4.79 Å². The van der Waals surface area contributed by atoms with Crippen LogP contribution in [0, 0.1) is 5.82 Å². The van der Waals surface area contributed by atoms with Crippen molar-refractivity contribution in [1.29, 1.82) is 0 Å². The molecule has 0 aliphatic carbocycles. The molecule has 1 aromatic rings. The van der Waals surface area contributed by atoms with Crippen molar-refractivity contribution in [3.8, 4) is 0 Å². The van der Waals surface area contributed by atoms with Gasteiger partial charge in [0, 0.05) is 18.5 Å². The molecule has 0 aromatic heterocycles. The smallest absolute Gasteiger partial charge is 0.166 e. The third-order valence-electron chi connectivity index (χ3n) is 2.09. The number of nitrogen functional groups attached to an aromatic ring is 1. The van der Waals surface area contributed by atoms with Crippen molar-refractivity contribution in [2.75, 3.05) is 17.6 Å². The van der Waals surface area contributed by atoms with E-state index in [4.69, 9.17) is 5.73 Å². The van der Waals surface area contributed by atoms with Gasteiger partial charge in [-0.1, -0.05) is 0 Å². The summed E-state index contributed by atoms with van der Waals surface area (Å²) in [5.41, 5.74) is 6.78. The van der Waals surface area contributed by atoms with Gasteiger partial charge in [0.05, 0.1) is 11.4 Å². The molecule has 0 radical (unpaired) electrons. The van der Waals surface area contributed by atoms with Crippen LogP contribution in [0.4, 0.5) is 15.8 Å². The summed E-state index contributed by atoms with van der Waals surface area (Å²) in [6.07, 6.45) is 0.399. The van der Waals surface area contributed by atoms with Gasteiger partial charge in [0.1, 0.15) is 5.82 Å². The van der Waals surface area contributed by atoms with E-state index in [-0.39, 0.29) is 5.78 Å². The summed E-state index contributed by atoms with van der Waals surface area (Å²) in [5, 5.41) is 2.98. The van der Waals surface area contributed by atoms with Crippen LogP contribution in [0.15, 0.2) is 12.1 Å². The first-order chi connectivity index (χ1) is 6.18. The van der Waals surface area contributed by atoms with Gasteiger partial charge in [0.25, 0.3) is 0 Å². The second-order valence-electron chi connectivity index (χ2n) is 3.02. The van der Waals surface area contributed by atoms with Crippen molar-refractivity contribution in [1.82, 2.24) is 0 Å². The van der Waals surface area contributed by atoms with Crippen molar-refractivity contribution in [2.24, 2.45) is 0 Å². The SMILES string of the molecule is Nc1cc(F)cc2c1NCCC2=O. The van der Waals surface area contributed by atoms with Crippen molar-refractivity contribution in [3.63, 3.8) is 0 Å². The molecule has 0 bridgehead atoms. The molecule has 3 N–H and O–H groups in total. The Bertz CT molecular complexity index is 376. The number of halogens is 1. The molecule has 4 heteroatoms. The van der Waals surface area contributed by atoms with E-state index in [1.807, 2.05) is 0 Å². The lowest BCUT2D eigenvalue weighted by atomic mass is 10.0. The lowest BCUT2D eigenvalue weighted by Crippen LogP contribution is -2.19. The van der Waals surface area contributed by atoms with Gasteiger partial charge in [0.2, 0.25) is 0 Å². The molecule has 0 saturated heterocycles. The van der Waals surface area contributed by atoms with Crippen LogP contribution < -0.4 is 11.1 Å². The molecule has 3 nitrogen and oxygen atoms in total. The molecule has 0 saturated carbocycles. The van der Waals surface area contributed by atoms with Crippen LogP contribution in [-0.2, 0) is 0 Å². The fraction of sp³-hybridized carbons (Fsp3) is 0.222. The highest BCUT2D eigenvalue weighted by molar-refractivity contribution is 6.05. The quantitative estimate of drug-likeness (QED) is 0.593. The van der Waals surface area contributed by atoms with Gasteiger partial charge in [-0.2, -0.15) is 0 Å². The minimum atomic E-state index is -0.465. The maximum absolute atomic E-state index is 12.9. The first-order valence-electron chi connectivity index (χ1n) is 4.04. The van der Waals surface area contributed by atoms with E-state index in [0.29, 0.717) is 29.9 Å². The fourth-order valence-corrected chi connectivity index (χ4v) is 1.48. The Labute approximate surface area is 74.7 Å². The number of fused-ring (bicyclic) bond motifs is 1. The summed E-state index contributed by atoms with van der Waals surface area (Å²) in [6.45, 7) is 0.571. The highest BCUT2D eigenvalue weighted by Crippen LogP contribution is 2.28. The molecule has 0 amide bonds. The molecule has 2 rings (SSSR count). The van der Waals surface area contributed by atoms with Gasteiger partial charge >= 0.3 is 0 Å². The zero-order valence-electron chi connectivity index (χ0n) is 6.93. The topological polar surface area (TPSA) is 55.1 Å². The number of nitrogens with two attached hydrogens (primary N) is 1. The lowest BCUT2D eigenvalue weighted by Gasteiger charge is -2.18. The maximum atomic E-state index is 12.9. The predicted molar refractivity (Wildman–Crippen MR) is 48.2 cm³/mol. The molecular weight excluding hydrogens is 171 g/mol. The van der Waals surface area contributed by atoms with Crippen molar-refractivity contribution < 1.29 is 9.18 Å². The van der Waals surface area contributed by atoms with Gasteiger partial charge in [-0.25, -0.2) is 4.39 Å². The van der Waals surface area contributed by atoms with Crippen LogP contribution in [0.5, 0.6) is 0 Å². The third-order valence-corrected chi connectivity index (χ3v) is 2.09. The number of hydrogen-bond acceptors (Lipinski definition) is 3. The molecular formula is C9H9FN2O. The second-order valence-corrected chi connectivity index (χ2v) is 3.02. The number of hydrogen-bond donors (Lipinski definition) is 2. The molecule has 0 fully saturated rings. The minimum absolute atomic E-state index is 0.0556. The Kier molecular flexibility index (Phi) is 1.69. The number of Topliss-reactive ketones (excluding diaryl/α,β-unsaturated/α-hetero) is 1. The van der Waals surface area contributed by atoms with E-state index in [0.717, 1.165) is 0 Å². The summed E-state index contributed by atoms with van der Waals surface area (Å²) in [7, 11) is 0. The Morgan fingerprint density at radius 1 is 1.46 bits per heavy atom. The summed E-state index contributed by atoms with van der Waals surface area (Å²) in [6, 6.07) is 2.44. The normalized spacial score (nSPS) is 15.0. The molecule has 13 heavy (non-hydrogen) atoms. The predicted octanol–water partition coefficient (Wildman–Crippen LogP) is 1.41. The Balaban J connectivity index is 2.63. The largest absolute Gasteiger partial charge is 0.397 e. The first kappa shape index (κ1) is 8.04. The van der Waals surface area contributed by atoms with Crippen LogP contribution >= 0.6 is 0 Å². The highest BCUT2D eigenvalue weighted by Gasteiger charge is 2.19. The molecule has 68 valence electrons. The van der Waals surface area contributed by atoms with E-state index in [1.54, 1.807) is 0 Å². The average Bonchev–Trinajstić information content (AvgIpc) is 2.07. The van der Waals surface area contributed by atoms with Crippen molar-refractivity contribution in [3.05, 3.63) is 23.5 Å². The molecule has 0 atom stereocenters. The van der Waals surface area contributed by atoms with Crippen LogP contribution in [-0.4, -0.2) is 12.3 Å². The monoisotopic (exact) mass is 180 g/mol. The third kappa shape index (κ3) is 1.24. The van der Waals surface area contributed by atoms with Crippen LogP contribution in [0.3, 0.4) is 0 Å². The molecule has 1 aromatic carbocycles. The zero-order valence-corrected chi connectivity index (χ0v) is 6.93. The van der Waals surface area contributed by atoms with Crippen LogP contribution in [0.25, 0.3) is 0 Å². The first-order valence-corrected chi connectivity index (χ1v) is 4.04. The number of nitrogens with one attached hydrogen (secondary N) is 1. The number of carbonyl (C=O) groups is 1. The summed E-state index contributed by atoms with van der Waals surface area (Å²) in [4.78, 5) is 11.3. The highest BCUT2D eigenvalue weighted by atomic mass is 19.1. The van der Waals surface area contributed by atoms with Gasteiger partial charge in [-0.05, 0) is 12.1 Å². The molecule has 1 aliphatic heterocycles. The van der Waals surface area contributed by atoms with Gasteiger partial charge in [0.15, 0.2) is 5.78 Å². The summed E-state index contributed by atoms with van der Waals surface area (Å²) >= 11 is 0. The average molecular weight is 180 g/mol. The number of carbonyl (C=O) groups excluding carboxylic acids is 1. The van der Waals surface area contributed by atoms with Crippen LogP contribution in [0.2, 0.25) is 0 Å². The Hall–Kier alpha value is -1.58. The number of anilines is 2. The number of ketones is 1. The molecule has 1 heterocycles. The van der Waals surface area contributed by atoms with E-state index >= 15 is 0 Å². The minimum Gasteiger partial charge on any atom is -0.397 e. The van der Waals surface area contributed by atoms with E-state index in [2.05, 4.69) is 5.32 Å². The van der Waals surface area contributed by atoms with Crippen molar-refractivity contribution in [2.45, 2.75) is 6.42 Å². The van der Waals surface area contributed by atoms with Gasteiger partial charge < -0.3 is 11.1 Å². The fourth-order valence-electron chi connectivity index (χ4n) is 1.48. The Morgan fingerprint density at radius 3 is 3.00 bits per heavy atom. The van der Waals surface area contributed by atoms with E-state index in [9.17, 15) is 9.18 Å². The number of rotatable bonds is 0. The van der Waals surface area contributed by atoms with Crippen LogP contribution in [0.1, 0.15) is 16.8 Å².